The van der Waals surface area contributed by atoms with Gasteiger partial charge in [-0.1, -0.05) is 26.7 Å². The van der Waals surface area contributed by atoms with Crippen molar-refractivity contribution in [2.24, 2.45) is 0 Å². The molecule has 11 nitrogen and oxygen atoms in total. The zero-order valence-electron chi connectivity index (χ0n) is 26.4. The van der Waals surface area contributed by atoms with Gasteiger partial charge >= 0.3 is 0 Å². The molecule has 0 unspecified atom stereocenters. The zero-order valence-corrected chi connectivity index (χ0v) is 27.2. The monoisotopic (exact) mass is 633 g/mol. The van der Waals surface area contributed by atoms with Crippen LogP contribution in [0, 0.1) is 0 Å². The van der Waals surface area contributed by atoms with Crippen LogP contribution < -0.4 is 15.6 Å². The predicted molar refractivity (Wildman–Crippen MR) is 176 cm³/mol. The number of likely N-dealkylation sites (tertiary alicyclic amines) is 1. The molecule has 2 fully saturated rings. The van der Waals surface area contributed by atoms with Gasteiger partial charge < -0.3 is 15.0 Å². The molecule has 1 aliphatic heterocycles. The summed E-state index contributed by atoms with van der Waals surface area (Å²) < 4.78 is 36.1. The van der Waals surface area contributed by atoms with E-state index < -0.39 is 15.3 Å². The van der Waals surface area contributed by atoms with Gasteiger partial charge in [-0.15, -0.1) is 0 Å². The number of hydrogen-bond acceptors (Lipinski definition) is 9. The number of fused-ring (bicyclic) bond motifs is 1. The highest BCUT2D eigenvalue weighted by Crippen LogP contribution is 2.28. The largest absolute Gasteiger partial charge is 0.490 e. The summed E-state index contributed by atoms with van der Waals surface area (Å²) in [4.78, 5) is 29.9. The Kier molecular flexibility index (Phi) is 9.23. The molecule has 0 atom stereocenters. The molecule has 6 rings (SSSR count). The number of nitrogens with one attached hydrogen (secondary N) is 1. The molecule has 4 heterocycles. The second-order valence-electron chi connectivity index (χ2n) is 12.4. The lowest BCUT2D eigenvalue weighted by molar-refractivity contribution is 0.114. The maximum atomic E-state index is 14.1. The van der Waals surface area contributed by atoms with Gasteiger partial charge in [0, 0.05) is 35.9 Å². The minimum absolute atomic E-state index is 0.0225. The smallest absolute Gasteiger partial charge is 0.256 e. The van der Waals surface area contributed by atoms with E-state index >= 15 is 0 Å². The molecule has 1 N–H and O–H groups in total. The van der Waals surface area contributed by atoms with Crippen LogP contribution in [0.1, 0.15) is 82.4 Å². The van der Waals surface area contributed by atoms with Gasteiger partial charge in [-0.2, -0.15) is 4.98 Å². The van der Waals surface area contributed by atoms with Crippen molar-refractivity contribution in [3.05, 3.63) is 70.7 Å². The normalized spacial score (nSPS) is 17.0. The highest BCUT2D eigenvalue weighted by Gasteiger charge is 2.32. The fourth-order valence-corrected chi connectivity index (χ4v) is 8.48. The van der Waals surface area contributed by atoms with Crippen molar-refractivity contribution >= 4 is 32.7 Å². The average Bonchev–Trinajstić information content (AvgIpc) is 3.76. The van der Waals surface area contributed by atoms with Crippen molar-refractivity contribution in [2.75, 3.05) is 25.5 Å². The molecule has 1 saturated heterocycles. The summed E-state index contributed by atoms with van der Waals surface area (Å²) in [5, 5.41) is 3.54. The van der Waals surface area contributed by atoms with E-state index in [0.717, 1.165) is 63.1 Å². The standard InChI is InChI=1S/C33H43N7O4S/c1-4-23(5-2)30-18-24-19-35-33(36-25-10-12-27(13-11-25)44-28-14-16-38(3)17-15-28)37-31(24)39(32(30)41)21-26-20-34-22-40(26)45(42,43)29-8-6-7-9-29/h10-13,18-20,22-23,28-29H,4-9,14-17,21H2,1-3H3,(H,35,36,37). The summed E-state index contributed by atoms with van der Waals surface area (Å²) in [5.41, 5.74) is 2.15. The molecule has 1 aromatic carbocycles. The summed E-state index contributed by atoms with van der Waals surface area (Å²) in [6, 6.07) is 9.61. The van der Waals surface area contributed by atoms with Crippen molar-refractivity contribution in [1.82, 2.24) is 28.4 Å². The van der Waals surface area contributed by atoms with Crippen LogP contribution in [-0.2, 0) is 16.6 Å². The lowest BCUT2D eigenvalue weighted by Crippen LogP contribution is -2.35. The number of anilines is 2. The third-order valence-electron chi connectivity index (χ3n) is 9.35. The minimum Gasteiger partial charge on any atom is -0.490 e. The topological polar surface area (TPSA) is 124 Å². The molecule has 0 bridgehead atoms. The van der Waals surface area contributed by atoms with Crippen molar-refractivity contribution in [3.8, 4) is 5.75 Å². The van der Waals surface area contributed by atoms with Gasteiger partial charge in [-0.05, 0) is 81.8 Å². The SMILES string of the molecule is CCC(CC)c1cc2cnc(Nc3ccc(OC4CCN(C)CC4)cc3)nc2n(Cc2cncn2S(=O)(=O)C2CCCC2)c1=O. The van der Waals surface area contributed by atoms with Gasteiger partial charge in [0.2, 0.25) is 16.0 Å². The third kappa shape index (κ3) is 6.62. The number of pyridine rings is 1. The quantitative estimate of drug-likeness (QED) is 0.235. The number of hydrogen-bond donors (Lipinski definition) is 1. The lowest BCUT2D eigenvalue weighted by atomic mass is 9.94. The Labute approximate surface area is 264 Å². The molecule has 0 spiro atoms. The maximum absolute atomic E-state index is 14.1. The van der Waals surface area contributed by atoms with Gasteiger partial charge in [0.25, 0.3) is 5.56 Å². The minimum atomic E-state index is -3.63. The first-order chi connectivity index (χ1) is 21.8. The fourth-order valence-electron chi connectivity index (χ4n) is 6.61. The summed E-state index contributed by atoms with van der Waals surface area (Å²) in [5.74, 6) is 1.22. The second-order valence-corrected chi connectivity index (χ2v) is 14.5. The first-order valence-corrected chi connectivity index (χ1v) is 17.7. The van der Waals surface area contributed by atoms with Crippen LogP contribution in [0.4, 0.5) is 11.6 Å². The van der Waals surface area contributed by atoms with Crippen molar-refractivity contribution in [2.45, 2.75) is 89.0 Å². The van der Waals surface area contributed by atoms with E-state index in [1.165, 1.54) is 16.5 Å². The Morgan fingerprint density at radius 3 is 2.42 bits per heavy atom. The number of nitrogens with zero attached hydrogens (tertiary/aromatic N) is 6. The predicted octanol–water partition coefficient (Wildman–Crippen LogP) is 5.28. The van der Waals surface area contributed by atoms with Crippen LogP contribution in [0.15, 0.2) is 53.8 Å². The Morgan fingerprint density at radius 1 is 1.02 bits per heavy atom. The van der Waals surface area contributed by atoms with E-state index in [-0.39, 0.29) is 24.1 Å². The molecule has 12 heteroatoms. The summed E-state index contributed by atoms with van der Waals surface area (Å²) in [6.45, 7) is 6.23. The average molecular weight is 634 g/mol. The summed E-state index contributed by atoms with van der Waals surface area (Å²) >= 11 is 0. The van der Waals surface area contributed by atoms with Gasteiger partial charge in [-0.25, -0.2) is 22.4 Å². The summed E-state index contributed by atoms with van der Waals surface area (Å²) in [7, 11) is -1.50. The molecule has 3 aromatic heterocycles. The molecule has 0 amide bonds. The van der Waals surface area contributed by atoms with Crippen LogP contribution >= 0.6 is 0 Å². The van der Waals surface area contributed by atoms with E-state index in [1.54, 1.807) is 10.8 Å². The Bertz CT molecular complexity index is 1780. The highest BCUT2D eigenvalue weighted by molar-refractivity contribution is 7.90. The third-order valence-corrected chi connectivity index (χ3v) is 11.5. The molecular formula is C33H43N7O4S. The fraction of sp³-hybridized carbons (Fsp3) is 0.515. The van der Waals surface area contributed by atoms with E-state index in [1.807, 2.05) is 30.3 Å². The molecule has 1 aliphatic carbocycles. The number of piperidine rings is 1. The van der Waals surface area contributed by atoms with Gasteiger partial charge in [0.15, 0.2) is 0 Å². The molecular weight excluding hydrogens is 590 g/mol. The highest BCUT2D eigenvalue weighted by atomic mass is 32.2. The maximum Gasteiger partial charge on any atom is 0.256 e. The Morgan fingerprint density at radius 2 is 1.73 bits per heavy atom. The van der Waals surface area contributed by atoms with Gasteiger partial charge in [-0.3, -0.25) is 9.36 Å². The van der Waals surface area contributed by atoms with Gasteiger partial charge in [0.1, 0.15) is 23.8 Å². The Balaban J connectivity index is 1.31. The lowest BCUT2D eigenvalue weighted by Gasteiger charge is -2.29. The second kappa shape index (κ2) is 13.3. The van der Waals surface area contributed by atoms with Crippen LogP contribution in [0.3, 0.4) is 0 Å². The number of aromatic nitrogens is 5. The number of ether oxygens (including phenoxy) is 1. The van der Waals surface area contributed by atoms with Gasteiger partial charge in [0.05, 0.1) is 23.7 Å². The van der Waals surface area contributed by atoms with E-state index in [2.05, 4.69) is 41.1 Å². The molecule has 1 saturated carbocycles. The van der Waals surface area contributed by atoms with Crippen LogP contribution in [0.5, 0.6) is 5.75 Å². The van der Waals surface area contributed by atoms with Crippen LogP contribution in [0.2, 0.25) is 0 Å². The van der Waals surface area contributed by atoms with E-state index in [9.17, 15) is 13.2 Å². The number of benzene rings is 1. The van der Waals surface area contributed by atoms with Crippen LogP contribution in [0.25, 0.3) is 11.0 Å². The molecule has 2 aliphatic rings. The van der Waals surface area contributed by atoms with Crippen molar-refractivity contribution < 1.29 is 13.2 Å². The van der Waals surface area contributed by atoms with E-state index in [4.69, 9.17) is 9.72 Å². The van der Waals surface area contributed by atoms with Crippen molar-refractivity contribution in [3.63, 3.8) is 0 Å². The zero-order chi connectivity index (χ0) is 31.6. The molecule has 240 valence electrons. The number of rotatable bonds is 11. The first-order valence-electron chi connectivity index (χ1n) is 16.1. The Hall–Kier alpha value is -3.77. The van der Waals surface area contributed by atoms with Crippen molar-refractivity contribution in [1.29, 1.82) is 0 Å². The summed E-state index contributed by atoms with van der Waals surface area (Å²) in [6.07, 6.45) is 11.5. The molecule has 4 aromatic rings. The molecule has 45 heavy (non-hydrogen) atoms. The van der Waals surface area contributed by atoms with Crippen LogP contribution in [-0.4, -0.2) is 68.3 Å². The first kappa shape index (κ1) is 31.2. The van der Waals surface area contributed by atoms with E-state index in [0.29, 0.717) is 41.1 Å². The molecule has 0 radical (unpaired) electrons. The number of imidazole rings is 1.